The maximum atomic E-state index is 5.32. The molecule has 0 bridgehead atoms. The lowest BCUT2D eigenvalue weighted by molar-refractivity contribution is 0.412. The number of nitrogens with zero attached hydrogens (tertiary/aromatic N) is 2. The number of methoxy groups -OCH3 is 2. The van der Waals surface area contributed by atoms with E-state index in [4.69, 9.17) is 9.47 Å². The molecule has 0 amide bonds. The first kappa shape index (κ1) is 16.8. The highest BCUT2D eigenvalue weighted by Gasteiger charge is 2.10. The first-order chi connectivity index (χ1) is 12.7. The van der Waals surface area contributed by atoms with Crippen molar-refractivity contribution in [1.82, 2.24) is 9.97 Å². The summed E-state index contributed by atoms with van der Waals surface area (Å²) in [4.78, 5) is 9.30. The van der Waals surface area contributed by atoms with Crippen molar-refractivity contribution in [2.45, 2.75) is 6.92 Å². The average molecular weight is 383 g/mol. The van der Waals surface area contributed by atoms with Crippen LogP contribution in [0, 0.1) is 6.92 Å². The van der Waals surface area contributed by atoms with Gasteiger partial charge in [-0.15, -0.1) is 11.3 Å². The molecular formula is C19H17N3O2S2. The van der Waals surface area contributed by atoms with Gasteiger partial charge in [0.2, 0.25) is 0 Å². The van der Waals surface area contributed by atoms with Gasteiger partial charge < -0.3 is 14.8 Å². The molecule has 5 nitrogen and oxygen atoms in total. The van der Waals surface area contributed by atoms with Gasteiger partial charge in [0, 0.05) is 17.0 Å². The van der Waals surface area contributed by atoms with Gasteiger partial charge in [0.05, 0.1) is 30.1 Å². The van der Waals surface area contributed by atoms with E-state index in [9.17, 15) is 0 Å². The van der Waals surface area contributed by atoms with Gasteiger partial charge in [-0.25, -0.2) is 9.97 Å². The fraction of sp³-hybridized carbons (Fsp3) is 0.158. The number of anilines is 2. The Morgan fingerprint density at radius 3 is 2.62 bits per heavy atom. The van der Waals surface area contributed by atoms with Gasteiger partial charge in [0.1, 0.15) is 11.5 Å². The van der Waals surface area contributed by atoms with Gasteiger partial charge in [0.25, 0.3) is 0 Å². The van der Waals surface area contributed by atoms with Crippen molar-refractivity contribution in [2.75, 3.05) is 19.5 Å². The molecular weight excluding hydrogens is 366 g/mol. The van der Waals surface area contributed by atoms with Crippen LogP contribution in [0.15, 0.2) is 41.8 Å². The van der Waals surface area contributed by atoms with E-state index in [0.29, 0.717) is 0 Å². The number of benzene rings is 2. The van der Waals surface area contributed by atoms with Gasteiger partial charge >= 0.3 is 0 Å². The molecule has 1 N–H and O–H groups in total. The third kappa shape index (κ3) is 3.23. The number of nitrogens with one attached hydrogen (secondary N) is 1. The van der Waals surface area contributed by atoms with Crippen molar-refractivity contribution in [3.63, 3.8) is 0 Å². The van der Waals surface area contributed by atoms with Crippen LogP contribution in [-0.4, -0.2) is 24.2 Å². The van der Waals surface area contributed by atoms with Crippen molar-refractivity contribution < 1.29 is 9.47 Å². The minimum Gasteiger partial charge on any atom is -0.497 e. The number of aryl methyl sites for hydroxylation is 1. The Labute approximate surface area is 159 Å². The lowest BCUT2D eigenvalue weighted by Crippen LogP contribution is -1.90. The molecule has 7 heteroatoms. The molecule has 4 rings (SSSR count). The van der Waals surface area contributed by atoms with Gasteiger partial charge in [-0.2, -0.15) is 0 Å². The molecule has 0 spiro atoms. The van der Waals surface area contributed by atoms with E-state index in [1.54, 1.807) is 36.9 Å². The largest absolute Gasteiger partial charge is 0.497 e. The zero-order valence-corrected chi connectivity index (χ0v) is 16.2. The molecule has 4 aromatic rings. The van der Waals surface area contributed by atoms with E-state index < -0.39 is 0 Å². The van der Waals surface area contributed by atoms with Crippen LogP contribution >= 0.6 is 22.7 Å². The van der Waals surface area contributed by atoms with Gasteiger partial charge in [0.15, 0.2) is 10.3 Å². The summed E-state index contributed by atoms with van der Waals surface area (Å²) in [5.74, 6) is 1.69. The van der Waals surface area contributed by atoms with Crippen LogP contribution in [-0.2, 0) is 0 Å². The molecule has 0 fully saturated rings. The van der Waals surface area contributed by atoms with E-state index >= 15 is 0 Å². The number of ether oxygens (including phenoxy) is 2. The second-order valence-corrected chi connectivity index (χ2v) is 7.59. The van der Waals surface area contributed by atoms with Crippen LogP contribution in [0.5, 0.6) is 11.5 Å². The van der Waals surface area contributed by atoms with Crippen LogP contribution in [0.3, 0.4) is 0 Å². The molecule has 2 aromatic heterocycles. The summed E-state index contributed by atoms with van der Waals surface area (Å²) in [5, 5.41) is 6.99. The number of thiazole rings is 2. The van der Waals surface area contributed by atoms with Crippen molar-refractivity contribution in [3.05, 3.63) is 47.3 Å². The number of hydrogen-bond donors (Lipinski definition) is 1. The quantitative estimate of drug-likeness (QED) is 0.494. The van der Waals surface area contributed by atoms with E-state index in [2.05, 4.69) is 21.4 Å². The Balaban J connectivity index is 1.57. The monoisotopic (exact) mass is 383 g/mol. The maximum Gasteiger partial charge on any atom is 0.190 e. The number of hydrogen-bond acceptors (Lipinski definition) is 7. The molecule has 0 saturated heterocycles. The van der Waals surface area contributed by atoms with Crippen molar-refractivity contribution >= 4 is 43.2 Å². The Bertz CT molecular complexity index is 1070. The zero-order chi connectivity index (χ0) is 18.1. The van der Waals surface area contributed by atoms with Crippen LogP contribution in [0.1, 0.15) is 5.56 Å². The molecule has 0 atom stereocenters. The molecule has 0 radical (unpaired) electrons. The minimum absolute atomic E-state index is 0.806. The number of fused-ring (bicyclic) bond motifs is 1. The SMILES string of the molecule is COc1ccc2sc(Nc3nc(-c4ccc(OC)c(C)c4)cs3)nc2c1. The van der Waals surface area contributed by atoms with Gasteiger partial charge in [-0.1, -0.05) is 11.3 Å². The second kappa shape index (κ2) is 6.93. The van der Waals surface area contributed by atoms with Gasteiger partial charge in [-0.05, 0) is 42.8 Å². The molecule has 132 valence electrons. The second-order valence-electron chi connectivity index (χ2n) is 5.70. The van der Waals surface area contributed by atoms with E-state index in [-0.39, 0.29) is 0 Å². The summed E-state index contributed by atoms with van der Waals surface area (Å²) in [7, 11) is 3.34. The highest BCUT2D eigenvalue weighted by atomic mass is 32.1. The van der Waals surface area contributed by atoms with Crippen molar-refractivity contribution in [3.8, 4) is 22.8 Å². The maximum absolute atomic E-state index is 5.32. The molecule has 2 aromatic carbocycles. The van der Waals surface area contributed by atoms with E-state index in [1.807, 2.05) is 42.6 Å². The fourth-order valence-electron chi connectivity index (χ4n) is 2.68. The number of aromatic nitrogens is 2. The van der Waals surface area contributed by atoms with Crippen LogP contribution < -0.4 is 14.8 Å². The molecule has 26 heavy (non-hydrogen) atoms. The minimum atomic E-state index is 0.806. The summed E-state index contributed by atoms with van der Waals surface area (Å²) in [6, 6.07) is 12.0. The fourth-order valence-corrected chi connectivity index (χ4v) is 4.31. The highest BCUT2D eigenvalue weighted by molar-refractivity contribution is 7.22. The summed E-state index contributed by atoms with van der Waals surface area (Å²) in [5.41, 5.74) is 4.01. The Morgan fingerprint density at radius 1 is 0.962 bits per heavy atom. The summed E-state index contributed by atoms with van der Waals surface area (Å²) in [6.45, 7) is 2.03. The van der Waals surface area contributed by atoms with Crippen LogP contribution in [0.4, 0.5) is 10.3 Å². The topological polar surface area (TPSA) is 56.3 Å². The third-order valence-corrected chi connectivity index (χ3v) is 5.71. The lowest BCUT2D eigenvalue weighted by Gasteiger charge is -2.05. The smallest absolute Gasteiger partial charge is 0.190 e. The Kier molecular flexibility index (Phi) is 4.48. The molecule has 0 aliphatic heterocycles. The molecule has 0 unspecified atom stereocenters. The summed E-state index contributed by atoms with van der Waals surface area (Å²) < 4.78 is 11.7. The first-order valence-electron chi connectivity index (χ1n) is 7.98. The normalized spacial score (nSPS) is 10.9. The van der Waals surface area contributed by atoms with Gasteiger partial charge in [-0.3, -0.25) is 0 Å². The van der Waals surface area contributed by atoms with E-state index in [1.165, 1.54) is 0 Å². The zero-order valence-electron chi connectivity index (χ0n) is 14.6. The van der Waals surface area contributed by atoms with Crippen LogP contribution in [0.2, 0.25) is 0 Å². The molecule has 0 aliphatic carbocycles. The average Bonchev–Trinajstić information content (AvgIpc) is 3.27. The highest BCUT2D eigenvalue weighted by Crippen LogP contribution is 2.33. The Morgan fingerprint density at radius 2 is 1.85 bits per heavy atom. The Hall–Kier alpha value is -2.64. The van der Waals surface area contributed by atoms with Crippen molar-refractivity contribution in [2.24, 2.45) is 0 Å². The standard InChI is InChI=1S/C19H17N3O2S2/c1-11-8-12(4-6-16(11)24-3)15-10-25-18(21-15)22-19-20-14-9-13(23-2)5-7-17(14)26-19/h4-10H,1-3H3,(H,20,21,22). The molecule has 2 heterocycles. The van der Waals surface area contributed by atoms with Crippen molar-refractivity contribution in [1.29, 1.82) is 0 Å². The summed E-state index contributed by atoms with van der Waals surface area (Å²) >= 11 is 3.16. The first-order valence-corrected chi connectivity index (χ1v) is 9.68. The molecule has 0 aliphatic rings. The van der Waals surface area contributed by atoms with E-state index in [0.717, 1.165) is 48.8 Å². The third-order valence-electron chi connectivity index (χ3n) is 4.00. The lowest BCUT2D eigenvalue weighted by atomic mass is 10.1. The number of rotatable bonds is 5. The molecule has 0 saturated carbocycles. The summed E-state index contributed by atoms with van der Waals surface area (Å²) in [6.07, 6.45) is 0. The predicted octanol–water partition coefficient (Wildman–Crippen LogP) is 5.49. The van der Waals surface area contributed by atoms with Crippen LogP contribution in [0.25, 0.3) is 21.5 Å². The predicted molar refractivity (Wildman–Crippen MR) is 108 cm³/mol.